The zero-order valence-corrected chi connectivity index (χ0v) is 7.62. The molecule has 4 nitrogen and oxygen atoms in total. The lowest BCUT2D eigenvalue weighted by Crippen LogP contribution is -2.04. The summed E-state index contributed by atoms with van der Waals surface area (Å²) in [6.07, 6.45) is 0.765. The maximum absolute atomic E-state index is 10.3. The number of nitro groups is 1. The number of non-ortho nitro benzene ring substituents is 1. The van der Waals surface area contributed by atoms with Crippen LogP contribution in [-0.4, -0.2) is 11.5 Å². The van der Waals surface area contributed by atoms with Gasteiger partial charge in [0.15, 0.2) is 0 Å². The topological polar surface area (TPSA) is 55.2 Å². The molecule has 0 radical (unpaired) electrons. The van der Waals surface area contributed by atoms with Gasteiger partial charge in [-0.25, -0.2) is 4.84 Å². The molecule has 0 aliphatic rings. The molecule has 0 atom stereocenters. The summed E-state index contributed by atoms with van der Waals surface area (Å²) in [5.74, 6) is 0. The fourth-order valence-corrected chi connectivity index (χ4v) is 1.07. The fourth-order valence-electron chi connectivity index (χ4n) is 0.976. The van der Waals surface area contributed by atoms with E-state index < -0.39 is 4.92 Å². The van der Waals surface area contributed by atoms with Crippen LogP contribution in [0.25, 0.3) is 0 Å². The van der Waals surface area contributed by atoms with Gasteiger partial charge in [0, 0.05) is 18.7 Å². The van der Waals surface area contributed by atoms with E-state index in [1.807, 2.05) is 0 Å². The van der Waals surface area contributed by atoms with Crippen molar-refractivity contribution in [3.8, 4) is 0 Å². The Morgan fingerprint density at radius 1 is 1.38 bits per heavy atom. The lowest BCUT2D eigenvalue weighted by Gasteiger charge is -1.98. The minimum absolute atomic E-state index is 0.114. The van der Waals surface area contributed by atoms with Gasteiger partial charge in [-0.15, -0.1) is 0 Å². The molecule has 13 heavy (non-hydrogen) atoms. The number of nitrogens with zero attached hydrogens (tertiary/aromatic N) is 1. The van der Waals surface area contributed by atoms with Crippen LogP contribution in [0.5, 0.6) is 0 Å². The monoisotopic (exact) mass is 200 g/mol. The molecular formula is C8H9ClN2O2. The molecule has 1 N–H and O–H groups in total. The first-order chi connectivity index (χ1) is 6.24. The third kappa shape index (κ3) is 3.01. The summed E-state index contributed by atoms with van der Waals surface area (Å²) < 4.78 is 0. The Bertz CT molecular complexity index is 287. The Labute approximate surface area is 80.8 Å². The Hall–Kier alpha value is -1.13. The summed E-state index contributed by atoms with van der Waals surface area (Å²) in [4.78, 5) is 12.4. The molecule has 5 heteroatoms. The molecule has 0 saturated heterocycles. The quantitative estimate of drug-likeness (QED) is 0.459. The smallest absolute Gasteiger partial charge is 0.258 e. The zero-order valence-electron chi connectivity index (χ0n) is 6.87. The zero-order chi connectivity index (χ0) is 9.68. The second-order valence-corrected chi connectivity index (χ2v) is 2.82. The van der Waals surface area contributed by atoms with Gasteiger partial charge in [-0.05, 0) is 23.8 Å². The number of halogens is 1. The summed E-state index contributed by atoms with van der Waals surface area (Å²) in [5.41, 5.74) is 1.14. The van der Waals surface area contributed by atoms with Crippen LogP contribution in [0.1, 0.15) is 5.56 Å². The molecule has 1 aromatic carbocycles. The highest BCUT2D eigenvalue weighted by Gasteiger charge is 2.02. The van der Waals surface area contributed by atoms with Crippen molar-refractivity contribution >= 4 is 17.5 Å². The van der Waals surface area contributed by atoms with E-state index in [1.54, 1.807) is 12.1 Å². The molecule has 0 saturated carbocycles. The third-order valence-corrected chi connectivity index (χ3v) is 1.84. The number of nitro benzene ring substituents is 1. The van der Waals surface area contributed by atoms with Gasteiger partial charge in [0.2, 0.25) is 0 Å². The maximum Gasteiger partial charge on any atom is 0.269 e. The van der Waals surface area contributed by atoms with Crippen LogP contribution in [-0.2, 0) is 6.42 Å². The van der Waals surface area contributed by atoms with Crippen molar-refractivity contribution in [2.45, 2.75) is 6.42 Å². The molecule has 1 aromatic rings. The molecule has 0 bridgehead atoms. The van der Waals surface area contributed by atoms with Gasteiger partial charge < -0.3 is 0 Å². The van der Waals surface area contributed by atoms with Crippen LogP contribution in [0.2, 0.25) is 0 Å². The van der Waals surface area contributed by atoms with Crippen molar-refractivity contribution in [1.82, 2.24) is 4.84 Å². The molecule has 0 aliphatic heterocycles. The summed E-state index contributed by atoms with van der Waals surface area (Å²) in [6, 6.07) is 6.44. The number of rotatable bonds is 4. The second kappa shape index (κ2) is 4.79. The lowest BCUT2D eigenvalue weighted by molar-refractivity contribution is -0.384. The van der Waals surface area contributed by atoms with Crippen molar-refractivity contribution in [2.75, 3.05) is 6.54 Å². The van der Waals surface area contributed by atoms with E-state index in [2.05, 4.69) is 4.84 Å². The molecular weight excluding hydrogens is 192 g/mol. The predicted molar refractivity (Wildman–Crippen MR) is 50.7 cm³/mol. The van der Waals surface area contributed by atoms with E-state index in [-0.39, 0.29) is 5.69 Å². The van der Waals surface area contributed by atoms with Gasteiger partial charge in [0.05, 0.1) is 4.92 Å². The molecule has 0 amide bonds. The normalized spacial score (nSPS) is 9.92. The summed E-state index contributed by atoms with van der Waals surface area (Å²) >= 11 is 5.27. The standard InChI is InChI=1S/C8H9ClN2O2/c9-10-6-5-7-1-3-8(4-2-7)11(12)13/h1-4,10H,5-6H2. The van der Waals surface area contributed by atoms with Crippen LogP contribution in [0, 0.1) is 10.1 Å². The minimum Gasteiger partial charge on any atom is -0.258 e. The van der Waals surface area contributed by atoms with Gasteiger partial charge in [0.1, 0.15) is 0 Å². The van der Waals surface area contributed by atoms with E-state index in [0.29, 0.717) is 6.54 Å². The van der Waals surface area contributed by atoms with E-state index in [4.69, 9.17) is 11.8 Å². The van der Waals surface area contributed by atoms with E-state index >= 15 is 0 Å². The van der Waals surface area contributed by atoms with Gasteiger partial charge in [-0.2, -0.15) is 0 Å². The number of nitrogens with one attached hydrogen (secondary N) is 1. The molecule has 0 spiro atoms. The fraction of sp³-hybridized carbons (Fsp3) is 0.250. The Morgan fingerprint density at radius 3 is 2.46 bits per heavy atom. The summed E-state index contributed by atoms with van der Waals surface area (Å²) in [6.45, 7) is 0.652. The molecule has 0 fully saturated rings. The van der Waals surface area contributed by atoms with Crippen molar-refractivity contribution in [3.63, 3.8) is 0 Å². The molecule has 1 rings (SSSR count). The van der Waals surface area contributed by atoms with Crippen LogP contribution in [0.3, 0.4) is 0 Å². The Morgan fingerprint density at radius 2 is 2.00 bits per heavy atom. The van der Waals surface area contributed by atoms with E-state index in [9.17, 15) is 10.1 Å². The van der Waals surface area contributed by atoms with Gasteiger partial charge in [-0.1, -0.05) is 12.1 Å². The maximum atomic E-state index is 10.3. The molecule has 0 heterocycles. The Kier molecular flexibility index (Phi) is 3.67. The summed E-state index contributed by atoms with van der Waals surface area (Å²) in [5, 5.41) is 10.3. The molecule has 0 aromatic heterocycles. The first kappa shape index (κ1) is 9.95. The highest BCUT2D eigenvalue weighted by molar-refractivity contribution is 6.13. The number of benzene rings is 1. The van der Waals surface area contributed by atoms with Crippen LogP contribution in [0.4, 0.5) is 5.69 Å². The van der Waals surface area contributed by atoms with Crippen molar-refractivity contribution in [1.29, 1.82) is 0 Å². The van der Waals surface area contributed by atoms with Gasteiger partial charge in [-0.3, -0.25) is 10.1 Å². The average molecular weight is 201 g/mol. The van der Waals surface area contributed by atoms with Crippen LogP contribution >= 0.6 is 11.8 Å². The summed E-state index contributed by atoms with van der Waals surface area (Å²) in [7, 11) is 0. The highest BCUT2D eigenvalue weighted by Crippen LogP contribution is 2.11. The largest absolute Gasteiger partial charge is 0.269 e. The minimum atomic E-state index is -0.413. The molecule has 0 unspecified atom stereocenters. The number of hydrogen-bond donors (Lipinski definition) is 1. The average Bonchev–Trinajstić information content (AvgIpc) is 2.15. The third-order valence-electron chi connectivity index (χ3n) is 1.66. The first-order valence-electron chi connectivity index (χ1n) is 3.81. The van der Waals surface area contributed by atoms with Gasteiger partial charge >= 0.3 is 0 Å². The lowest BCUT2D eigenvalue weighted by atomic mass is 10.1. The van der Waals surface area contributed by atoms with E-state index in [0.717, 1.165) is 12.0 Å². The molecule has 70 valence electrons. The SMILES string of the molecule is O=[N+]([O-])c1ccc(CCNCl)cc1. The molecule has 0 aliphatic carbocycles. The van der Waals surface area contributed by atoms with Crippen LogP contribution < -0.4 is 4.84 Å². The van der Waals surface area contributed by atoms with Crippen LogP contribution in [0.15, 0.2) is 24.3 Å². The van der Waals surface area contributed by atoms with Gasteiger partial charge in [0.25, 0.3) is 5.69 Å². The first-order valence-corrected chi connectivity index (χ1v) is 4.18. The second-order valence-electron chi connectivity index (χ2n) is 2.56. The number of hydrogen-bond acceptors (Lipinski definition) is 3. The van der Waals surface area contributed by atoms with Crippen molar-refractivity contribution in [2.24, 2.45) is 0 Å². The highest BCUT2D eigenvalue weighted by atomic mass is 35.5. The van der Waals surface area contributed by atoms with Crippen molar-refractivity contribution < 1.29 is 4.92 Å². The Balaban J connectivity index is 2.64. The van der Waals surface area contributed by atoms with Crippen molar-refractivity contribution in [3.05, 3.63) is 39.9 Å². The predicted octanol–water partition coefficient (Wildman–Crippen LogP) is 1.88. The van der Waals surface area contributed by atoms with E-state index in [1.165, 1.54) is 12.1 Å².